The highest BCUT2D eigenvalue weighted by Crippen LogP contribution is 2.32. The fraction of sp³-hybridized carbons (Fsp3) is 0.533. The number of amides is 1. The van der Waals surface area contributed by atoms with Gasteiger partial charge in [0.05, 0.1) is 5.54 Å². The standard InChI is InChI=1S/C15H21BrN2O/c1-2-11(8-12-4-3-5-13(16)9-12)10-18-14(19)15(17)6-7-15/h3-5,9,11H,2,6-8,10,17H2,1H3,(H,18,19). The van der Waals surface area contributed by atoms with Crippen LogP contribution >= 0.6 is 15.9 Å². The summed E-state index contributed by atoms with van der Waals surface area (Å²) in [6.45, 7) is 2.87. The van der Waals surface area contributed by atoms with E-state index in [4.69, 9.17) is 5.73 Å². The summed E-state index contributed by atoms with van der Waals surface area (Å²) in [7, 11) is 0. The molecule has 1 unspecified atom stereocenters. The topological polar surface area (TPSA) is 55.1 Å². The van der Waals surface area contributed by atoms with E-state index < -0.39 is 5.54 Å². The van der Waals surface area contributed by atoms with Crippen molar-refractivity contribution < 1.29 is 4.79 Å². The summed E-state index contributed by atoms with van der Waals surface area (Å²) in [5.41, 5.74) is 6.61. The Hall–Kier alpha value is -0.870. The van der Waals surface area contributed by atoms with Gasteiger partial charge in [-0.2, -0.15) is 0 Å². The van der Waals surface area contributed by atoms with E-state index >= 15 is 0 Å². The maximum Gasteiger partial charge on any atom is 0.240 e. The van der Waals surface area contributed by atoms with Gasteiger partial charge in [-0.15, -0.1) is 0 Å². The van der Waals surface area contributed by atoms with Gasteiger partial charge in [-0.05, 0) is 42.9 Å². The molecule has 1 saturated carbocycles. The molecule has 1 aliphatic carbocycles. The first-order chi connectivity index (χ1) is 9.03. The molecule has 0 heterocycles. The summed E-state index contributed by atoms with van der Waals surface area (Å²) in [6, 6.07) is 8.33. The minimum absolute atomic E-state index is 0.0141. The Labute approximate surface area is 123 Å². The Morgan fingerprint density at radius 2 is 2.26 bits per heavy atom. The van der Waals surface area contributed by atoms with Crippen molar-refractivity contribution in [3.63, 3.8) is 0 Å². The lowest BCUT2D eigenvalue weighted by Crippen LogP contribution is -2.44. The van der Waals surface area contributed by atoms with E-state index in [0.717, 1.165) is 30.2 Å². The SMILES string of the molecule is CCC(CNC(=O)C1(N)CC1)Cc1cccc(Br)c1. The predicted molar refractivity (Wildman–Crippen MR) is 80.8 cm³/mol. The van der Waals surface area contributed by atoms with Crippen LogP contribution in [0, 0.1) is 5.92 Å². The van der Waals surface area contributed by atoms with E-state index in [2.05, 4.69) is 40.3 Å². The largest absolute Gasteiger partial charge is 0.354 e. The monoisotopic (exact) mass is 324 g/mol. The van der Waals surface area contributed by atoms with Gasteiger partial charge in [0.2, 0.25) is 5.91 Å². The molecule has 1 aromatic rings. The zero-order valence-corrected chi connectivity index (χ0v) is 12.9. The molecule has 1 atom stereocenters. The normalized spacial score (nSPS) is 17.8. The van der Waals surface area contributed by atoms with Gasteiger partial charge < -0.3 is 11.1 Å². The second-order valence-corrected chi connectivity index (χ2v) is 6.39. The number of carbonyl (C=O) groups is 1. The van der Waals surface area contributed by atoms with Crippen LogP contribution < -0.4 is 11.1 Å². The van der Waals surface area contributed by atoms with Gasteiger partial charge in [-0.3, -0.25) is 4.79 Å². The van der Waals surface area contributed by atoms with Gasteiger partial charge in [0, 0.05) is 11.0 Å². The molecule has 104 valence electrons. The van der Waals surface area contributed by atoms with E-state index in [0.29, 0.717) is 12.5 Å². The fourth-order valence-electron chi connectivity index (χ4n) is 2.13. The van der Waals surface area contributed by atoms with Gasteiger partial charge in [-0.1, -0.05) is 41.4 Å². The van der Waals surface area contributed by atoms with Crippen LogP contribution in [-0.2, 0) is 11.2 Å². The molecular formula is C15H21BrN2O. The molecule has 1 amide bonds. The molecule has 1 fully saturated rings. The zero-order valence-electron chi connectivity index (χ0n) is 11.3. The summed E-state index contributed by atoms with van der Waals surface area (Å²) in [5.74, 6) is 0.473. The number of rotatable bonds is 6. The number of hydrogen-bond donors (Lipinski definition) is 2. The minimum atomic E-state index is -0.561. The highest BCUT2D eigenvalue weighted by molar-refractivity contribution is 9.10. The van der Waals surface area contributed by atoms with E-state index in [1.807, 2.05) is 12.1 Å². The third-order valence-corrected chi connectivity index (χ3v) is 4.28. The van der Waals surface area contributed by atoms with Crippen molar-refractivity contribution in [2.75, 3.05) is 6.54 Å². The molecule has 0 saturated heterocycles. The first-order valence-corrected chi connectivity index (χ1v) is 7.64. The van der Waals surface area contributed by atoms with Crippen LogP contribution in [0.4, 0.5) is 0 Å². The van der Waals surface area contributed by atoms with E-state index in [9.17, 15) is 4.79 Å². The van der Waals surface area contributed by atoms with Crippen LogP contribution in [0.5, 0.6) is 0 Å². The Balaban J connectivity index is 1.84. The minimum Gasteiger partial charge on any atom is -0.354 e. The highest BCUT2D eigenvalue weighted by Gasteiger charge is 2.45. The first-order valence-electron chi connectivity index (χ1n) is 6.85. The number of benzene rings is 1. The summed E-state index contributed by atoms with van der Waals surface area (Å²) >= 11 is 3.48. The van der Waals surface area contributed by atoms with Crippen LogP contribution in [0.2, 0.25) is 0 Å². The lowest BCUT2D eigenvalue weighted by atomic mass is 9.97. The third-order valence-electron chi connectivity index (χ3n) is 3.78. The van der Waals surface area contributed by atoms with Crippen molar-refractivity contribution >= 4 is 21.8 Å². The number of halogens is 1. The van der Waals surface area contributed by atoms with Crippen LogP contribution in [0.15, 0.2) is 28.7 Å². The molecule has 19 heavy (non-hydrogen) atoms. The van der Waals surface area contributed by atoms with Crippen molar-refractivity contribution in [3.05, 3.63) is 34.3 Å². The summed E-state index contributed by atoms with van der Waals surface area (Å²) < 4.78 is 1.10. The van der Waals surface area contributed by atoms with Crippen LogP contribution in [0.1, 0.15) is 31.7 Å². The first kappa shape index (κ1) is 14.5. The van der Waals surface area contributed by atoms with Crippen molar-refractivity contribution in [3.8, 4) is 0 Å². The third kappa shape index (κ3) is 4.05. The molecule has 0 bridgehead atoms. The molecule has 0 aromatic heterocycles. The smallest absolute Gasteiger partial charge is 0.240 e. The molecule has 2 rings (SSSR count). The molecule has 3 nitrogen and oxygen atoms in total. The predicted octanol–water partition coefficient (Wildman–Crippen LogP) is 2.63. The van der Waals surface area contributed by atoms with Crippen molar-refractivity contribution in [2.45, 2.75) is 38.1 Å². The van der Waals surface area contributed by atoms with Gasteiger partial charge in [0.25, 0.3) is 0 Å². The number of hydrogen-bond acceptors (Lipinski definition) is 2. The molecule has 0 spiro atoms. The maximum absolute atomic E-state index is 11.8. The van der Waals surface area contributed by atoms with Crippen molar-refractivity contribution in [1.29, 1.82) is 0 Å². The summed E-state index contributed by atoms with van der Waals surface area (Å²) in [5, 5.41) is 3.00. The van der Waals surface area contributed by atoms with Gasteiger partial charge in [0.1, 0.15) is 0 Å². The lowest BCUT2D eigenvalue weighted by Gasteiger charge is -2.17. The maximum atomic E-state index is 11.8. The van der Waals surface area contributed by atoms with Crippen molar-refractivity contribution in [2.24, 2.45) is 11.7 Å². The Bertz CT molecular complexity index is 457. The number of nitrogens with one attached hydrogen (secondary N) is 1. The molecular weight excluding hydrogens is 304 g/mol. The average Bonchev–Trinajstić information content (AvgIpc) is 3.13. The lowest BCUT2D eigenvalue weighted by molar-refractivity contribution is -0.123. The van der Waals surface area contributed by atoms with E-state index in [1.165, 1.54) is 5.56 Å². The summed E-state index contributed by atoms with van der Waals surface area (Å²) in [4.78, 5) is 11.8. The molecule has 1 aromatic carbocycles. The molecule has 3 N–H and O–H groups in total. The van der Waals surface area contributed by atoms with Crippen molar-refractivity contribution in [1.82, 2.24) is 5.32 Å². The van der Waals surface area contributed by atoms with Gasteiger partial charge in [-0.25, -0.2) is 0 Å². The van der Waals surface area contributed by atoms with E-state index in [-0.39, 0.29) is 5.91 Å². The van der Waals surface area contributed by atoms with Crippen LogP contribution in [-0.4, -0.2) is 18.0 Å². The van der Waals surface area contributed by atoms with E-state index in [1.54, 1.807) is 0 Å². The second kappa shape index (κ2) is 6.06. The highest BCUT2D eigenvalue weighted by atomic mass is 79.9. The Morgan fingerprint density at radius 3 is 2.84 bits per heavy atom. The molecule has 1 aliphatic rings. The Kier molecular flexibility index (Phi) is 4.63. The molecule has 0 radical (unpaired) electrons. The average molecular weight is 325 g/mol. The zero-order chi connectivity index (χ0) is 13.9. The van der Waals surface area contributed by atoms with Gasteiger partial charge in [0.15, 0.2) is 0 Å². The fourth-order valence-corrected chi connectivity index (χ4v) is 2.58. The molecule has 4 heteroatoms. The van der Waals surface area contributed by atoms with Gasteiger partial charge >= 0.3 is 0 Å². The number of nitrogens with two attached hydrogens (primary N) is 1. The molecule has 0 aliphatic heterocycles. The Morgan fingerprint density at radius 1 is 1.53 bits per heavy atom. The number of carbonyl (C=O) groups excluding carboxylic acids is 1. The quantitative estimate of drug-likeness (QED) is 0.845. The summed E-state index contributed by atoms with van der Waals surface area (Å²) in [6.07, 6.45) is 3.67. The second-order valence-electron chi connectivity index (χ2n) is 5.47. The van der Waals surface area contributed by atoms with Crippen LogP contribution in [0.25, 0.3) is 0 Å². The van der Waals surface area contributed by atoms with Crippen LogP contribution in [0.3, 0.4) is 0 Å².